The Hall–Kier alpha value is -2.30. The highest BCUT2D eigenvalue weighted by Gasteiger charge is 2.47. The molecule has 0 unspecified atom stereocenters. The second kappa shape index (κ2) is 2.39. The third kappa shape index (κ3) is 0.671. The van der Waals surface area contributed by atoms with E-state index in [0.717, 1.165) is 0 Å². The first kappa shape index (κ1) is 7.80. The summed E-state index contributed by atoms with van der Waals surface area (Å²) in [4.78, 5) is 0. The molecule has 0 aromatic carbocycles. The van der Waals surface area contributed by atoms with Gasteiger partial charge < -0.3 is 0 Å². The molecule has 0 amide bonds. The summed E-state index contributed by atoms with van der Waals surface area (Å²) in [6, 6.07) is 6.96. The van der Waals surface area contributed by atoms with Crippen molar-refractivity contribution in [3.8, 4) is 24.3 Å². The van der Waals surface area contributed by atoms with Gasteiger partial charge in [0.25, 0.3) is 0 Å². The van der Waals surface area contributed by atoms with Gasteiger partial charge in [0.1, 0.15) is 0 Å². The Morgan fingerprint density at radius 3 is 1.92 bits per heavy atom. The van der Waals surface area contributed by atoms with E-state index >= 15 is 0 Å². The third-order valence-electron chi connectivity index (χ3n) is 1.80. The van der Waals surface area contributed by atoms with Crippen LogP contribution in [-0.2, 0) is 0 Å². The van der Waals surface area contributed by atoms with E-state index in [2.05, 4.69) is 0 Å². The minimum atomic E-state index is -1.35. The third-order valence-corrected chi connectivity index (χ3v) is 1.80. The van der Waals surface area contributed by atoms with Crippen molar-refractivity contribution >= 4 is 0 Å². The number of nitriles is 4. The lowest BCUT2D eigenvalue weighted by atomic mass is 9.66. The molecule has 0 aliphatic heterocycles. The first-order chi connectivity index (χ1) is 5.74. The van der Waals surface area contributed by atoms with E-state index in [-0.39, 0.29) is 17.6 Å². The van der Waals surface area contributed by atoms with E-state index in [1.54, 1.807) is 24.3 Å². The van der Waals surface area contributed by atoms with Crippen LogP contribution in [0.25, 0.3) is 0 Å². The van der Waals surface area contributed by atoms with Crippen molar-refractivity contribution in [2.24, 2.45) is 5.41 Å². The van der Waals surface area contributed by atoms with Gasteiger partial charge >= 0.3 is 0 Å². The lowest BCUT2D eigenvalue weighted by Crippen LogP contribution is -2.29. The molecule has 0 spiro atoms. The Morgan fingerprint density at radius 2 is 1.58 bits per heavy atom. The lowest BCUT2D eigenvalue weighted by molar-refractivity contribution is 0.561. The van der Waals surface area contributed by atoms with Crippen molar-refractivity contribution in [1.82, 2.24) is 0 Å². The van der Waals surface area contributed by atoms with Gasteiger partial charge in [0.2, 0.25) is 0 Å². The molecule has 0 saturated heterocycles. The Labute approximate surface area is 69.2 Å². The molecule has 1 aliphatic rings. The average molecular weight is 154 g/mol. The second-order valence-corrected chi connectivity index (χ2v) is 2.38. The Kier molecular flexibility index (Phi) is 1.55. The average Bonchev–Trinajstić information content (AvgIpc) is 2.07. The van der Waals surface area contributed by atoms with Gasteiger partial charge in [0.05, 0.1) is 29.8 Å². The topological polar surface area (TPSA) is 95.2 Å². The fourth-order valence-corrected chi connectivity index (χ4v) is 1.07. The van der Waals surface area contributed by atoms with E-state index in [4.69, 9.17) is 21.0 Å². The van der Waals surface area contributed by atoms with Crippen LogP contribution in [-0.4, -0.2) is 0 Å². The molecular weight excluding hydrogens is 152 g/mol. The maximum absolute atomic E-state index is 8.58. The highest BCUT2D eigenvalue weighted by molar-refractivity contribution is 5.58. The van der Waals surface area contributed by atoms with Gasteiger partial charge in [-0.3, -0.25) is 0 Å². The van der Waals surface area contributed by atoms with Crippen LogP contribution in [0.15, 0.2) is 11.1 Å². The van der Waals surface area contributed by atoms with Gasteiger partial charge in [-0.25, -0.2) is 0 Å². The zero-order valence-corrected chi connectivity index (χ0v) is 6.00. The fourth-order valence-electron chi connectivity index (χ4n) is 1.07. The van der Waals surface area contributed by atoms with E-state index in [0.29, 0.717) is 0 Å². The molecule has 4 heteroatoms. The first-order valence-corrected chi connectivity index (χ1v) is 3.10. The fraction of sp³-hybridized carbons (Fsp3) is 0.250. The summed E-state index contributed by atoms with van der Waals surface area (Å²) in [6.07, 6.45) is 0.0827. The zero-order valence-electron chi connectivity index (χ0n) is 6.00. The van der Waals surface area contributed by atoms with Gasteiger partial charge in [-0.2, -0.15) is 21.0 Å². The van der Waals surface area contributed by atoms with Crippen LogP contribution in [0.3, 0.4) is 0 Å². The maximum atomic E-state index is 8.58. The molecule has 0 N–H and O–H groups in total. The Morgan fingerprint density at radius 1 is 1.00 bits per heavy atom. The molecule has 0 fully saturated rings. The summed E-state index contributed by atoms with van der Waals surface area (Å²) in [5.74, 6) is 0. The minimum Gasteiger partial charge on any atom is -0.196 e. The van der Waals surface area contributed by atoms with Crippen molar-refractivity contribution < 1.29 is 0 Å². The predicted molar refractivity (Wildman–Crippen MR) is 36.5 cm³/mol. The van der Waals surface area contributed by atoms with Crippen molar-refractivity contribution in [2.75, 3.05) is 0 Å². The summed E-state index contributed by atoms with van der Waals surface area (Å²) in [6.45, 7) is 0. The van der Waals surface area contributed by atoms with Crippen LogP contribution in [0.4, 0.5) is 0 Å². The number of hydrogen-bond acceptors (Lipinski definition) is 4. The minimum absolute atomic E-state index is 0.00926. The molecule has 12 heavy (non-hydrogen) atoms. The van der Waals surface area contributed by atoms with Gasteiger partial charge in [-0.05, 0) is 0 Å². The van der Waals surface area contributed by atoms with Crippen LogP contribution in [0.5, 0.6) is 0 Å². The molecule has 0 saturated carbocycles. The molecular formula is C8H2N4. The van der Waals surface area contributed by atoms with Crippen molar-refractivity contribution in [3.05, 3.63) is 11.1 Å². The maximum Gasteiger partial charge on any atom is 0.184 e. The van der Waals surface area contributed by atoms with Crippen LogP contribution >= 0.6 is 0 Å². The SMILES string of the molecule is N#CC1=C(C#N)C(C#N)(C#N)C1. The number of nitrogens with zero attached hydrogens (tertiary/aromatic N) is 4. The van der Waals surface area contributed by atoms with E-state index in [1.165, 1.54) is 0 Å². The van der Waals surface area contributed by atoms with Gasteiger partial charge in [0, 0.05) is 12.0 Å². The van der Waals surface area contributed by atoms with E-state index < -0.39 is 5.41 Å². The van der Waals surface area contributed by atoms with Crippen LogP contribution in [0.1, 0.15) is 6.42 Å². The smallest absolute Gasteiger partial charge is 0.184 e. The molecule has 0 aromatic heterocycles. The molecule has 1 rings (SSSR count). The number of allylic oxidation sites excluding steroid dienone is 2. The molecule has 54 valence electrons. The van der Waals surface area contributed by atoms with Gasteiger partial charge in [0.15, 0.2) is 5.41 Å². The summed E-state index contributed by atoms with van der Waals surface area (Å²) in [5.41, 5.74) is -1.09. The first-order valence-electron chi connectivity index (χ1n) is 3.10. The van der Waals surface area contributed by atoms with E-state index in [9.17, 15) is 0 Å². The van der Waals surface area contributed by atoms with Crippen LogP contribution < -0.4 is 0 Å². The lowest BCUT2D eigenvalue weighted by Gasteiger charge is -2.26. The normalized spacial score (nSPS) is 17.7. The standard InChI is InChI=1S/C8H2N4/c9-2-6-1-8(4-11,5-12)7(6)3-10/h1H2. The molecule has 0 aromatic rings. The molecule has 4 nitrogen and oxygen atoms in total. The highest BCUT2D eigenvalue weighted by Crippen LogP contribution is 2.44. The highest BCUT2D eigenvalue weighted by atomic mass is 14.5. The molecule has 0 bridgehead atoms. The molecule has 0 radical (unpaired) electrons. The monoisotopic (exact) mass is 154 g/mol. The van der Waals surface area contributed by atoms with Crippen LogP contribution in [0, 0.1) is 50.7 Å². The predicted octanol–water partition coefficient (Wildman–Crippen LogP) is 0.767. The molecule has 0 atom stereocenters. The van der Waals surface area contributed by atoms with Crippen molar-refractivity contribution in [1.29, 1.82) is 21.0 Å². The summed E-state index contributed by atoms with van der Waals surface area (Å²) in [7, 11) is 0. The number of rotatable bonds is 0. The van der Waals surface area contributed by atoms with Gasteiger partial charge in [-0.15, -0.1) is 0 Å². The number of hydrogen-bond donors (Lipinski definition) is 0. The van der Waals surface area contributed by atoms with Crippen LogP contribution in [0.2, 0.25) is 0 Å². The molecule has 1 aliphatic carbocycles. The van der Waals surface area contributed by atoms with Crippen molar-refractivity contribution in [3.63, 3.8) is 0 Å². The summed E-state index contributed by atoms with van der Waals surface area (Å²) < 4.78 is 0. The van der Waals surface area contributed by atoms with E-state index in [1.807, 2.05) is 0 Å². The van der Waals surface area contributed by atoms with Gasteiger partial charge in [-0.1, -0.05) is 0 Å². The zero-order chi connectivity index (χ0) is 9.19. The van der Waals surface area contributed by atoms with Crippen molar-refractivity contribution in [2.45, 2.75) is 6.42 Å². The summed E-state index contributed by atoms with van der Waals surface area (Å²) >= 11 is 0. The molecule has 0 heterocycles. The Balaban J connectivity index is 3.24. The second-order valence-electron chi connectivity index (χ2n) is 2.38. The summed E-state index contributed by atoms with van der Waals surface area (Å²) in [5, 5.41) is 34.1. The largest absolute Gasteiger partial charge is 0.196 e. The Bertz CT molecular complexity index is 402. The quantitative estimate of drug-likeness (QED) is 0.514.